The lowest BCUT2D eigenvalue weighted by Crippen LogP contribution is -2.66. The molecule has 0 aliphatic carbocycles. The number of carboxylic acids is 1. The number of carboxylic acid groups (broad SMARTS) is 1. The lowest BCUT2D eigenvalue weighted by Gasteiger charge is -2.47. The van der Waals surface area contributed by atoms with Gasteiger partial charge in [-0.25, -0.2) is 4.79 Å². The van der Waals surface area contributed by atoms with E-state index in [1.807, 2.05) is 0 Å². The molecule has 192 valence electrons. The number of aliphatic hydroxyl groups excluding tert-OH is 9. The molecule has 3 aliphatic rings. The number of carbonyl (C=O) groups is 1. The van der Waals surface area contributed by atoms with Crippen molar-refractivity contribution >= 4 is 5.97 Å². The SMILES string of the molecule is O=C(O)C1OC(O)C(OC2OC(CO)C(O)C(O)C2O)C(OC2OCC(O)C(O)C2O)C1O. The number of aliphatic carboxylic acids is 1. The summed E-state index contributed by atoms with van der Waals surface area (Å²) in [5, 5.41) is 98.8. The van der Waals surface area contributed by atoms with Gasteiger partial charge < -0.3 is 74.7 Å². The molecule has 0 amide bonds. The summed E-state index contributed by atoms with van der Waals surface area (Å²) < 4.78 is 25.9. The highest BCUT2D eigenvalue weighted by Crippen LogP contribution is 2.32. The van der Waals surface area contributed by atoms with E-state index in [1.54, 1.807) is 0 Å². The third kappa shape index (κ3) is 5.29. The zero-order chi connectivity index (χ0) is 24.6. The predicted octanol–water partition coefficient (Wildman–Crippen LogP) is -6.84. The minimum atomic E-state index is -2.12. The first-order valence-corrected chi connectivity index (χ1v) is 9.99. The predicted molar refractivity (Wildman–Crippen MR) is 95.8 cm³/mol. The van der Waals surface area contributed by atoms with Gasteiger partial charge in [-0.15, -0.1) is 0 Å². The zero-order valence-electron chi connectivity index (χ0n) is 16.9. The van der Waals surface area contributed by atoms with E-state index < -0.39 is 105 Å². The highest BCUT2D eigenvalue weighted by molar-refractivity contribution is 5.73. The van der Waals surface area contributed by atoms with Crippen molar-refractivity contribution in [3.8, 4) is 0 Å². The van der Waals surface area contributed by atoms with E-state index in [0.29, 0.717) is 0 Å². The molecular weight excluding hydrogens is 460 g/mol. The number of rotatable bonds is 6. The monoisotopic (exact) mass is 488 g/mol. The fraction of sp³-hybridized carbons (Fsp3) is 0.941. The number of hydrogen-bond donors (Lipinski definition) is 10. The number of hydrogen-bond acceptors (Lipinski definition) is 15. The number of ether oxygens (including phenoxy) is 5. The molecule has 3 heterocycles. The van der Waals surface area contributed by atoms with Gasteiger partial charge in [0.2, 0.25) is 0 Å². The van der Waals surface area contributed by atoms with Crippen molar-refractivity contribution in [1.29, 1.82) is 0 Å². The lowest BCUT2D eigenvalue weighted by molar-refractivity contribution is -0.379. The Kier molecular flexibility index (Phi) is 8.57. The standard InChI is InChI=1S/C17H28O16/c18-1-4-6(21)7(22)9(24)17(30-4)33-13-11(10(25)12(14(26)27)31-15(13)28)32-16-8(23)5(20)3(19)2-29-16/h3-13,15-25,28H,1-2H2,(H,26,27). The second-order valence-electron chi connectivity index (χ2n) is 7.93. The minimum Gasteiger partial charge on any atom is -0.479 e. The van der Waals surface area contributed by atoms with Crippen LogP contribution in [0.5, 0.6) is 0 Å². The smallest absolute Gasteiger partial charge is 0.335 e. The maximum Gasteiger partial charge on any atom is 0.335 e. The van der Waals surface area contributed by atoms with E-state index >= 15 is 0 Å². The molecule has 3 fully saturated rings. The van der Waals surface area contributed by atoms with Gasteiger partial charge in [-0.2, -0.15) is 0 Å². The van der Waals surface area contributed by atoms with E-state index in [1.165, 1.54) is 0 Å². The molecule has 0 spiro atoms. The largest absolute Gasteiger partial charge is 0.479 e. The van der Waals surface area contributed by atoms with Gasteiger partial charge in [0.25, 0.3) is 0 Å². The summed E-state index contributed by atoms with van der Waals surface area (Å²) in [7, 11) is 0. The maximum atomic E-state index is 11.4. The Labute approximate surface area is 185 Å². The van der Waals surface area contributed by atoms with Crippen molar-refractivity contribution in [1.82, 2.24) is 0 Å². The molecule has 33 heavy (non-hydrogen) atoms. The molecule has 16 heteroatoms. The summed E-state index contributed by atoms with van der Waals surface area (Å²) in [6.45, 7) is -1.29. The van der Waals surface area contributed by atoms with Crippen molar-refractivity contribution in [2.45, 2.75) is 86.0 Å². The Bertz CT molecular complexity index is 663. The molecule has 0 aromatic rings. The van der Waals surface area contributed by atoms with E-state index in [4.69, 9.17) is 23.7 Å². The Morgan fingerprint density at radius 1 is 0.758 bits per heavy atom. The van der Waals surface area contributed by atoms with E-state index in [2.05, 4.69) is 0 Å². The molecule has 14 unspecified atom stereocenters. The van der Waals surface area contributed by atoms with E-state index in [9.17, 15) is 55.9 Å². The fourth-order valence-electron chi connectivity index (χ4n) is 3.73. The van der Waals surface area contributed by atoms with Crippen LogP contribution in [0, 0.1) is 0 Å². The normalized spacial score (nSPS) is 51.3. The van der Waals surface area contributed by atoms with Crippen LogP contribution in [0.1, 0.15) is 0 Å². The molecule has 0 bridgehead atoms. The van der Waals surface area contributed by atoms with E-state index in [-0.39, 0.29) is 0 Å². The Hall–Kier alpha value is -1.09. The molecule has 0 radical (unpaired) electrons. The van der Waals surface area contributed by atoms with Crippen LogP contribution in [0.2, 0.25) is 0 Å². The molecule has 0 aromatic heterocycles. The van der Waals surface area contributed by atoms with Crippen molar-refractivity contribution in [2.24, 2.45) is 0 Å². The minimum absolute atomic E-state index is 0.495. The van der Waals surface area contributed by atoms with Gasteiger partial charge in [0, 0.05) is 0 Å². The van der Waals surface area contributed by atoms with Crippen LogP contribution >= 0.6 is 0 Å². The molecule has 0 aromatic carbocycles. The van der Waals surface area contributed by atoms with Gasteiger partial charge in [0.15, 0.2) is 25.0 Å². The summed E-state index contributed by atoms with van der Waals surface area (Å²) in [5.74, 6) is -1.69. The molecule has 14 atom stereocenters. The van der Waals surface area contributed by atoms with Gasteiger partial charge in [-0.05, 0) is 0 Å². The Balaban J connectivity index is 1.83. The van der Waals surface area contributed by atoms with Crippen LogP contribution in [0.4, 0.5) is 0 Å². The second kappa shape index (κ2) is 10.7. The number of aliphatic hydroxyl groups is 9. The average Bonchev–Trinajstić information content (AvgIpc) is 2.77. The summed E-state index contributed by atoms with van der Waals surface area (Å²) in [4.78, 5) is 11.4. The Morgan fingerprint density at radius 2 is 1.36 bits per heavy atom. The first-order valence-electron chi connectivity index (χ1n) is 9.99. The highest BCUT2D eigenvalue weighted by Gasteiger charge is 2.54. The average molecular weight is 488 g/mol. The van der Waals surface area contributed by atoms with Crippen LogP contribution in [0.25, 0.3) is 0 Å². The summed E-state index contributed by atoms with van der Waals surface area (Å²) >= 11 is 0. The van der Waals surface area contributed by atoms with Crippen molar-refractivity contribution in [2.75, 3.05) is 13.2 Å². The second-order valence-corrected chi connectivity index (χ2v) is 7.93. The van der Waals surface area contributed by atoms with Crippen molar-refractivity contribution in [3.05, 3.63) is 0 Å². The zero-order valence-corrected chi connectivity index (χ0v) is 16.9. The van der Waals surface area contributed by atoms with Gasteiger partial charge in [-0.1, -0.05) is 0 Å². The van der Waals surface area contributed by atoms with Crippen LogP contribution in [-0.2, 0) is 28.5 Å². The van der Waals surface area contributed by atoms with Gasteiger partial charge in [0.1, 0.15) is 61.0 Å². The topological polar surface area (TPSA) is 266 Å². The third-order valence-electron chi connectivity index (χ3n) is 5.67. The van der Waals surface area contributed by atoms with Crippen LogP contribution < -0.4 is 0 Å². The first kappa shape index (κ1) is 26.5. The molecule has 3 saturated heterocycles. The molecule has 3 rings (SSSR count). The Morgan fingerprint density at radius 3 is 1.97 bits per heavy atom. The van der Waals surface area contributed by atoms with Gasteiger partial charge >= 0.3 is 5.97 Å². The van der Waals surface area contributed by atoms with Crippen molar-refractivity contribution < 1.29 is 79.5 Å². The summed E-state index contributed by atoms with van der Waals surface area (Å²) in [6.07, 6.45) is -25.3. The van der Waals surface area contributed by atoms with E-state index in [0.717, 1.165) is 0 Å². The summed E-state index contributed by atoms with van der Waals surface area (Å²) in [6, 6.07) is 0. The van der Waals surface area contributed by atoms with Crippen LogP contribution in [0.15, 0.2) is 0 Å². The summed E-state index contributed by atoms with van der Waals surface area (Å²) in [5.41, 5.74) is 0. The lowest BCUT2D eigenvalue weighted by atomic mass is 9.96. The fourth-order valence-corrected chi connectivity index (χ4v) is 3.73. The van der Waals surface area contributed by atoms with Gasteiger partial charge in [-0.3, -0.25) is 0 Å². The first-order chi connectivity index (χ1) is 15.5. The van der Waals surface area contributed by atoms with Crippen molar-refractivity contribution in [3.63, 3.8) is 0 Å². The molecule has 16 nitrogen and oxygen atoms in total. The third-order valence-corrected chi connectivity index (χ3v) is 5.67. The van der Waals surface area contributed by atoms with Gasteiger partial charge in [0.05, 0.1) is 13.2 Å². The molecule has 0 saturated carbocycles. The van der Waals surface area contributed by atoms with Crippen LogP contribution in [0.3, 0.4) is 0 Å². The quantitative estimate of drug-likeness (QED) is 0.166. The van der Waals surface area contributed by atoms with Crippen LogP contribution in [-0.4, -0.2) is 156 Å². The molecular formula is C17H28O16. The molecule has 3 aliphatic heterocycles. The maximum absolute atomic E-state index is 11.4. The molecule has 10 N–H and O–H groups in total. The highest BCUT2D eigenvalue weighted by atomic mass is 16.8.